The highest BCUT2D eigenvalue weighted by Crippen LogP contribution is 2.35. The van der Waals surface area contributed by atoms with E-state index in [9.17, 15) is 13.2 Å². The minimum Gasteiger partial charge on any atom is -0.368 e. The Bertz CT molecular complexity index is 841. The van der Waals surface area contributed by atoms with Crippen LogP contribution < -0.4 is 10.4 Å². The lowest BCUT2D eigenvalue weighted by Gasteiger charge is -2.40. The zero-order valence-electron chi connectivity index (χ0n) is 18.0. The van der Waals surface area contributed by atoms with Crippen LogP contribution in [0.2, 0.25) is 0 Å². The van der Waals surface area contributed by atoms with Crippen LogP contribution in [0, 0.1) is 27.7 Å². The van der Waals surface area contributed by atoms with Crippen LogP contribution in [0.15, 0.2) is 0 Å². The van der Waals surface area contributed by atoms with Gasteiger partial charge < -0.3 is 4.90 Å². The standard InChI is InChI=1S/C20H33N3O4S/c1-8-17-13(2)15(4)18(16(5)14(17)3)22-9-11-23(12-10-22)28(26,27)20(6,7)19(24)21-25/h25H,8-12H2,1-7H3,(H,21,24). The third-order valence-electron chi connectivity index (χ3n) is 6.28. The summed E-state index contributed by atoms with van der Waals surface area (Å²) in [6.45, 7) is 15.1. The molecule has 8 heteroatoms. The second-order valence-electron chi connectivity index (χ2n) is 8.02. The molecule has 7 nitrogen and oxygen atoms in total. The van der Waals surface area contributed by atoms with Crippen molar-refractivity contribution in [3.8, 4) is 0 Å². The topological polar surface area (TPSA) is 90.0 Å². The smallest absolute Gasteiger partial charge is 0.265 e. The van der Waals surface area contributed by atoms with Crippen molar-refractivity contribution in [2.45, 2.75) is 59.6 Å². The number of carbonyl (C=O) groups is 1. The van der Waals surface area contributed by atoms with Gasteiger partial charge in [0.2, 0.25) is 10.0 Å². The fraction of sp³-hybridized carbons (Fsp3) is 0.650. The number of anilines is 1. The summed E-state index contributed by atoms with van der Waals surface area (Å²) in [5, 5.41) is 8.89. The highest BCUT2D eigenvalue weighted by Gasteiger charge is 2.46. The molecular weight excluding hydrogens is 378 g/mol. The monoisotopic (exact) mass is 411 g/mol. The highest BCUT2D eigenvalue weighted by molar-refractivity contribution is 7.91. The van der Waals surface area contributed by atoms with Gasteiger partial charge in [-0.2, -0.15) is 4.31 Å². The third kappa shape index (κ3) is 3.53. The van der Waals surface area contributed by atoms with E-state index in [0.29, 0.717) is 26.2 Å². The molecule has 1 aromatic carbocycles. The maximum Gasteiger partial charge on any atom is 0.265 e. The molecule has 158 valence electrons. The van der Waals surface area contributed by atoms with Gasteiger partial charge in [-0.1, -0.05) is 6.92 Å². The van der Waals surface area contributed by atoms with Crippen molar-refractivity contribution in [3.05, 3.63) is 27.8 Å². The highest BCUT2D eigenvalue weighted by atomic mass is 32.2. The number of nitrogens with one attached hydrogen (secondary N) is 1. The fourth-order valence-electron chi connectivity index (χ4n) is 4.10. The van der Waals surface area contributed by atoms with E-state index in [1.165, 1.54) is 57.1 Å². The summed E-state index contributed by atoms with van der Waals surface area (Å²) >= 11 is 0. The molecule has 0 spiro atoms. The first-order chi connectivity index (χ1) is 12.9. The van der Waals surface area contributed by atoms with Crippen molar-refractivity contribution in [2.24, 2.45) is 0 Å². The summed E-state index contributed by atoms with van der Waals surface area (Å²) in [6, 6.07) is 0. The van der Waals surface area contributed by atoms with E-state index in [1.807, 2.05) is 0 Å². The first-order valence-electron chi connectivity index (χ1n) is 9.70. The lowest BCUT2D eigenvalue weighted by atomic mass is 9.90. The summed E-state index contributed by atoms with van der Waals surface area (Å²) in [5.74, 6) is -0.928. The average Bonchev–Trinajstić information content (AvgIpc) is 2.66. The Morgan fingerprint density at radius 1 is 1.00 bits per heavy atom. The van der Waals surface area contributed by atoms with E-state index in [-0.39, 0.29) is 0 Å². The van der Waals surface area contributed by atoms with E-state index in [1.54, 1.807) is 0 Å². The van der Waals surface area contributed by atoms with Gasteiger partial charge in [-0.05, 0) is 75.8 Å². The third-order valence-corrected chi connectivity index (χ3v) is 8.80. The van der Waals surface area contributed by atoms with Crippen LogP contribution in [0.5, 0.6) is 0 Å². The number of hydrogen-bond acceptors (Lipinski definition) is 5. The molecule has 28 heavy (non-hydrogen) atoms. The second kappa shape index (κ2) is 8.00. The Morgan fingerprint density at radius 2 is 1.46 bits per heavy atom. The number of sulfonamides is 1. The number of amides is 1. The van der Waals surface area contributed by atoms with Crippen LogP contribution in [0.25, 0.3) is 0 Å². The Kier molecular flexibility index (Phi) is 6.47. The quantitative estimate of drug-likeness (QED) is 0.573. The number of hydrogen-bond donors (Lipinski definition) is 2. The summed E-state index contributed by atoms with van der Waals surface area (Å²) in [6.07, 6.45) is 0.994. The Morgan fingerprint density at radius 3 is 1.86 bits per heavy atom. The lowest BCUT2D eigenvalue weighted by Crippen LogP contribution is -2.58. The molecule has 1 aliphatic rings. The first-order valence-corrected chi connectivity index (χ1v) is 11.1. The normalized spacial score (nSPS) is 16.4. The summed E-state index contributed by atoms with van der Waals surface area (Å²) in [7, 11) is -3.89. The maximum atomic E-state index is 12.9. The predicted octanol–water partition coefficient (Wildman–Crippen LogP) is 2.22. The Labute approximate surface area is 168 Å². The zero-order chi connectivity index (χ0) is 21.4. The van der Waals surface area contributed by atoms with Gasteiger partial charge >= 0.3 is 0 Å². The number of nitrogens with zero attached hydrogens (tertiary/aromatic N) is 2. The summed E-state index contributed by atoms with van der Waals surface area (Å²) in [4.78, 5) is 14.1. The Balaban J connectivity index is 2.30. The number of rotatable bonds is 5. The van der Waals surface area contributed by atoms with Crippen molar-refractivity contribution in [2.75, 3.05) is 31.1 Å². The van der Waals surface area contributed by atoms with Crippen LogP contribution >= 0.6 is 0 Å². The molecule has 1 fully saturated rings. The minimum absolute atomic E-state index is 0.303. The van der Waals surface area contributed by atoms with Crippen LogP contribution in [0.4, 0.5) is 5.69 Å². The Hall–Kier alpha value is -1.64. The molecule has 0 saturated carbocycles. The van der Waals surface area contributed by atoms with Crippen molar-refractivity contribution in [1.29, 1.82) is 0 Å². The number of benzene rings is 1. The average molecular weight is 412 g/mol. The number of hydroxylamine groups is 1. The van der Waals surface area contributed by atoms with Crippen LogP contribution in [0.1, 0.15) is 48.6 Å². The largest absolute Gasteiger partial charge is 0.368 e. The molecule has 2 rings (SSSR count). The van der Waals surface area contributed by atoms with Crippen molar-refractivity contribution >= 4 is 21.6 Å². The van der Waals surface area contributed by atoms with Gasteiger partial charge in [0.1, 0.15) is 0 Å². The fourth-order valence-corrected chi connectivity index (χ4v) is 5.67. The van der Waals surface area contributed by atoms with Gasteiger partial charge in [0, 0.05) is 31.9 Å². The molecule has 1 amide bonds. The molecule has 0 aliphatic carbocycles. The van der Waals surface area contributed by atoms with Gasteiger partial charge in [0.05, 0.1) is 0 Å². The predicted molar refractivity (Wildman–Crippen MR) is 111 cm³/mol. The second-order valence-corrected chi connectivity index (χ2v) is 10.5. The molecule has 0 bridgehead atoms. The first kappa shape index (κ1) is 22.6. The van der Waals surface area contributed by atoms with E-state index in [4.69, 9.17) is 5.21 Å². The summed E-state index contributed by atoms with van der Waals surface area (Å²) in [5.41, 5.74) is 9.14. The van der Waals surface area contributed by atoms with E-state index < -0.39 is 20.7 Å². The van der Waals surface area contributed by atoms with Crippen LogP contribution in [-0.2, 0) is 21.2 Å². The van der Waals surface area contributed by atoms with Crippen LogP contribution in [0.3, 0.4) is 0 Å². The summed E-state index contributed by atoms with van der Waals surface area (Å²) < 4.78 is 25.4. The van der Waals surface area contributed by atoms with Gasteiger partial charge in [-0.15, -0.1) is 0 Å². The van der Waals surface area contributed by atoms with Crippen LogP contribution in [-0.4, -0.2) is 54.8 Å². The molecule has 0 unspecified atom stereocenters. The van der Waals surface area contributed by atoms with Gasteiger partial charge in [-0.3, -0.25) is 10.0 Å². The number of piperazine rings is 1. The lowest BCUT2D eigenvalue weighted by molar-refractivity contribution is -0.131. The van der Waals surface area contributed by atoms with Crippen molar-refractivity contribution in [3.63, 3.8) is 0 Å². The van der Waals surface area contributed by atoms with Crippen molar-refractivity contribution < 1.29 is 18.4 Å². The zero-order valence-corrected chi connectivity index (χ0v) is 18.8. The maximum absolute atomic E-state index is 12.9. The number of carbonyl (C=O) groups excluding carboxylic acids is 1. The molecule has 0 atom stereocenters. The molecule has 0 aromatic heterocycles. The van der Waals surface area contributed by atoms with E-state index in [0.717, 1.165) is 6.42 Å². The molecule has 1 heterocycles. The molecular formula is C20H33N3O4S. The van der Waals surface area contributed by atoms with Gasteiger partial charge in [0.25, 0.3) is 5.91 Å². The van der Waals surface area contributed by atoms with Gasteiger partial charge in [-0.25, -0.2) is 13.9 Å². The van der Waals surface area contributed by atoms with Crippen molar-refractivity contribution in [1.82, 2.24) is 9.79 Å². The van der Waals surface area contributed by atoms with Gasteiger partial charge in [0.15, 0.2) is 4.75 Å². The van der Waals surface area contributed by atoms with E-state index >= 15 is 0 Å². The molecule has 1 aromatic rings. The SMILES string of the molecule is CCc1c(C)c(C)c(N2CCN(S(=O)(=O)C(C)(C)C(=O)NO)CC2)c(C)c1C. The molecule has 2 N–H and O–H groups in total. The molecule has 1 saturated heterocycles. The molecule has 1 aliphatic heterocycles. The minimum atomic E-state index is -3.89. The van der Waals surface area contributed by atoms with E-state index in [2.05, 4.69) is 39.5 Å². The molecule has 0 radical (unpaired) electrons.